The minimum atomic E-state index is 0.998. The molecule has 2 rings (SSSR count). The molecule has 0 spiro atoms. The van der Waals surface area contributed by atoms with Crippen LogP contribution in [0, 0.1) is 0 Å². The SMILES string of the molecule is CCCc1ccc(CCCCCN=C2CCCCCN2)cc1. The van der Waals surface area contributed by atoms with Crippen LogP contribution in [0.1, 0.15) is 69.4 Å². The summed E-state index contributed by atoms with van der Waals surface area (Å²) in [6, 6.07) is 9.20. The van der Waals surface area contributed by atoms with E-state index in [4.69, 9.17) is 4.99 Å². The first-order valence-electron chi connectivity index (χ1n) is 9.23. The lowest BCUT2D eigenvalue weighted by atomic mass is 10.0. The fraction of sp³-hybridized carbons (Fsp3) is 0.650. The highest BCUT2D eigenvalue weighted by Gasteiger charge is 2.03. The lowest BCUT2D eigenvalue weighted by Gasteiger charge is -2.05. The first kappa shape index (κ1) is 17.1. The molecular weight excluding hydrogens is 268 g/mol. The molecule has 1 saturated heterocycles. The number of nitrogens with zero attached hydrogens (tertiary/aromatic N) is 1. The van der Waals surface area contributed by atoms with Crippen molar-refractivity contribution in [2.75, 3.05) is 13.1 Å². The minimum absolute atomic E-state index is 0.998. The normalized spacial score (nSPS) is 17.2. The van der Waals surface area contributed by atoms with Gasteiger partial charge in [0.2, 0.25) is 0 Å². The van der Waals surface area contributed by atoms with E-state index in [1.165, 1.54) is 74.7 Å². The van der Waals surface area contributed by atoms with Crippen LogP contribution in [0.15, 0.2) is 29.3 Å². The quantitative estimate of drug-likeness (QED) is 0.677. The number of aliphatic imine (C=N–C) groups is 1. The van der Waals surface area contributed by atoms with Gasteiger partial charge in [-0.1, -0.05) is 50.5 Å². The molecule has 1 aromatic carbocycles. The highest BCUT2D eigenvalue weighted by atomic mass is 15.0. The Labute approximate surface area is 136 Å². The fourth-order valence-corrected chi connectivity index (χ4v) is 3.04. The molecule has 0 bridgehead atoms. The summed E-state index contributed by atoms with van der Waals surface area (Å²) in [5, 5.41) is 3.46. The molecule has 1 aromatic rings. The zero-order valence-corrected chi connectivity index (χ0v) is 14.2. The molecule has 1 aliphatic heterocycles. The van der Waals surface area contributed by atoms with Gasteiger partial charge < -0.3 is 5.32 Å². The van der Waals surface area contributed by atoms with E-state index in [-0.39, 0.29) is 0 Å². The summed E-state index contributed by atoms with van der Waals surface area (Å²) in [6.45, 7) is 4.35. The molecule has 122 valence electrons. The van der Waals surface area contributed by atoms with E-state index in [1.54, 1.807) is 0 Å². The summed E-state index contributed by atoms with van der Waals surface area (Å²) in [5.74, 6) is 1.25. The number of hydrogen-bond donors (Lipinski definition) is 1. The number of aryl methyl sites for hydroxylation is 2. The Kier molecular flexibility index (Phi) is 8.08. The van der Waals surface area contributed by atoms with Crippen molar-refractivity contribution in [2.24, 2.45) is 4.99 Å². The van der Waals surface area contributed by atoms with Crippen molar-refractivity contribution in [3.8, 4) is 0 Å². The van der Waals surface area contributed by atoms with Gasteiger partial charge in [0, 0.05) is 19.5 Å². The summed E-state index contributed by atoms with van der Waals surface area (Å²) < 4.78 is 0. The van der Waals surface area contributed by atoms with Gasteiger partial charge in [-0.2, -0.15) is 0 Å². The number of hydrogen-bond acceptors (Lipinski definition) is 1. The van der Waals surface area contributed by atoms with Crippen LogP contribution >= 0.6 is 0 Å². The lowest BCUT2D eigenvalue weighted by molar-refractivity contribution is 0.684. The molecule has 2 nitrogen and oxygen atoms in total. The second-order valence-electron chi connectivity index (χ2n) is 6.44. The van der Waals surface area contributed by atoms with Gasteiger partial charge in [-0.25, -0.2) is 0 Å². The Morgan fingerprint density at radius 2 is 1.68 bits per heavy atom. The largest absolute Gasteiger partial charge is 0.374 e. The number of nitrogens with one attached hydrogen (secondary N) is 1. The Hall–Kier alpha value is -1.31. The van der Waals surface area contributed by atoms with E-state index in [0.717, 1.165) is 19.5 Å². The van der Waals surface area contributed by atoms with Crippen LogP contribution < -0.4 is 5.32 Å². The first-order chi connectivity index (χ1) is 10.9. The zero-order valence-electron chi connectivity index (χ0n) is 14.2. The maximum absolute atomic E-state index is 4.73. The van der Waals surface area contributed by atoms with Gasteiger partial charge >= 0.3 is 0 Å². The second kappa shape index (κ2) is 10.4. The van der Waals surface area contributed by atoms with E-state index in [9.17, 15) is 0 Å². The van der Waals surface area contributed by atoms with Gasteiger partial charge in [-0.05, 0) is 49.7 Å². The van der Waals surface area contributed by atoms with Crippen LogP contribution in [0.3, 0.4) is 0 Å². The minimum Gasteiger partial charge on any atom is -0.374 e. The number of benzene rings is 1. The second-order valence-corrected chi connectivity index (χ2v) is 6.44. The molecule has 0 radical (unpaired) electrons. The van der Waals surface area contributed by atoms with Crippen molar-refractivity contribution in [1.29, 1.82) is 0 Å². The van der Waals surface area contributed by atoms with E-state index in [2.05, 4.69) is 36.5 Å². The molecule has 22 heavy (non-hydrogen) atoms. The van der Waals surface area contributed by atoms with Crippen molar-refractivity contribution in [2.45, 2.75) is 71.1 Å². The van der Waals surface area contributed by atoms with E-state index < -0.39 is 0 Å². The monoisotopic (exact) mass is 300 g/mol. The van der Waals surface area contributed by atoms with Crippen LogP contribution in [0.2, 0.25) is 0 Å². The fourth-order valence-electron chi connectivity index (χ4n) is 3.04. The average Bonchev–Trinajstić information content (AvgIpc) is 2.81. The maximum atomic E-state index is 4.73. The van der Waals surface area contributed by atoms with Crippen molar-refractivity contribution >= 4 is 5.84 Å². The summed E-state index contributed by atoms with van der Waals surface area (Å²) in [4.78, 5) is 4.73. The number of unbranched alkanes of at least 4 members (excludes halogenated alkanes) is 2. The Bertz CT molecular complexity index is 424. The van der Waals surface area contributed by atoms with Crippen molar-refractivity contribution in [3.63, 3.8) is 0 Å². The van der Waals surface area contributed by atoms with E-state index in [1.807, 2.05) is 0 Å². The predicted octanol–water partition coefficient (Wildman–Crippen LogP) is 4.91. The summed E-state index contributed by atoms with van der Waals surface area (Å²) in [5.41, 5.74) is 2.95. The molecular formula is C20H32N2. The predicted molar refractivity (Wildman–Crippen MR) is 96.8 cm³/mol. The maximum Gasteiger partial charge on any atom is 0.0963 e. The Morgan fingerprint density at radius 3 is 2.45 bits per heavy atom. The van der Waals surface area contributed by atoms with Crippen molar-refractivity contribution in [1.82, 2.24) is 5.32 Å². The number of rotatable bonds is 8. The Morgan fingerprint density at radius 1 is 0.909 bits per heavy atom. The van der Waals surface area contributed by atoms with Crippen LogP contribution in [0.5, 0.6) is 0 Å². The zero-order chi connectivity index (χ0) is 15.5. The summed E-state index contributed by atoms with van der Waals surface area (Å²) in [6.07, 6.45) is 12.5. The molecule has 1 fully saturated rings. The first-order valence-corrected chi connectivity index (χ1v) is 9.23. The molecule has 1 aliphatic rings. The van der Waals surface area contributed by atoms with Crippen LogP contribution in [0.25, 0.3) is 0 Å². The molecule has 0 unspecified atom stereocenters. The van der Waals surface area contributed by atoms with Gasteiger partial charge in [0.25, 0.3) is 0 Å². The van der Waals surface area contributed by atoms with Crippen LogP contribution in [0.4, 0.5) is 0 Å². The third-order valence-corrected chi connectivity index (χ3v) is 4.41. The van der Waals surface area contributed by atoms with Gasteiger partial charge in [-0.15, -0.1) is 0 Å². The smallest absolute Gasteiger partial charge is 0.0963 e. The molecule has 0 amide bonds. The topological polar surface area (TPSA) is 24.4 Å². The molecule has 0 aliphatic carbocycles. The third-order valence-electron chi connectivity index (χ3n) is 4.41. The Balaban J connectivity index is 1.57. The summed E-state index contributed by atoms with van der Waals surface area (Å²) >= 11 is 0. The highest BCUT2D eigenvalue weighted by molar-refractivity contribution is 5.82. The van der Waals surface area contributed by atoms with E-state index >= 15 is 0 Å². The van der Waals surface area contributed by atoms with Gasteiger partial charge in [-0.3, -0.25) is 4.99 Å². The van der Waals surface area contributed by atoms with Crippen LogP contribution in [-0.2, 0) is 12.8 Å². The molecule has 2 heteroatoms. The molecule has 0 aromatic heterocycles. The van der Waals surface area contributed by atoms with E-state index in [0.29, 0.717) is 0 Å². The molecule has 1 N–H and O–H groups in total. The van der Waals surface area contributed by atoms with Gasteiger partial charge in [0.05, 0.1) is 5.84 Å². The van der Waals surface area contributed by atoms with Gasteiger partial charge in [0.1, 0.15) is 0 Å². The van der Waals surface area contributed by atoms with Crippen LogP contribution in [-0.4, -0.2) is 18.9 Å². The van der Waals surface area contributed by atoms with Crippen molar-refractivity contribution in [3.05, 3.63) is 35.4 Å². The summed E-state index contributed by atoms with van der Waals surface area (Å²) in [7, 11) is 0. The standard InChI is InChI=1S/C20H32N2/c1-2-9-18-12-14-19(15-13-18)10-5-3-7-16-21-20-11-6-4-8-17-22-20/h12-15H,2-11,16-17H2,1H3,(H,21,22). The van der Waals surface area contributed by atoms with Gasteiger partial charge in [0.15, 0.2) is 0 Å². The third kappa shape index (κ3) is 6.64. The van der Waals surface area contributed by atoms with Crippen molar-refractivity contribution < 1.29 is 0 Å². The number of amidine groups is 1. The highest BCUT2D eigenvalue weighted by Crippen LogP contribution is 2.11. The molecule has 0 atom stereocenters. The molecule has 0 saturated carbocycles. The lowest BCUT2D eigenvalue weighted by Crippen LogP contribution is -2.22. The average molecular weight is 300 g/mol. The molecule has 1 heterocycles.